The number of likely N-dealkylation sites (tertiary alicyclic amines) is 1. The number of benzene rings is 1. The fraction of sp³-hybridized carbons (Fsp3) is 0.556. The Morgan fingerprint density at radius 1 is 1.39 bits per heavy atom. The Labute approximate surface area is 137 Å². The number of nitrogens with one attached hydrogen (secondary N) is 1. The third-order valence-electron chi connectivity index (χ3n) is 4.46. The van der Waals surface area contributed by atoms with Crippen LogP contribution in [0.4, 0.5) is 0 Å². The Hall–Kier alpha value is -1.56. The standard InChI is InChI=1S/C18H26N2O3/c1-22-12-14-4-3-9-20(10-14)11-15(21)13-23-18-6-2-5-17-16(18)7-8-19-17/h2,5-8,14-15,19,21H,3-4,9-13H2,1H3. The number of methoxy groups -OCH3 is 1. The van der Waals surface area contributed by atoms with Crippen molar-refractivity contribution in [3.8, 4) is 5.75 Å². The molecule has 1 saturated heterocycles. The number of fused-ring (bicyclic) bond motifs is 1. The van der Waals surface area contributed by atoms with E-state index in [1.165, 1.54) is 12.8 Å². The molecule has 1 aliphatic rings. The van der Waals surface area contributed by atoms with Gasteiger partial charge < -0.3 is 24.5 Å². The minimum Gasteiger partial charge on any atom is -0.490 e. The monoisotopic (exact) mass is 318 g/mol. The van der Waals surface area contributed by atoms with E-state index in [4.69, 9.17) is 9.47 Å². The average molecular weight is 318 g/mol. The first-order valence-corrected chi connectivity index (χ1v) is 8.34. The largest absolute Gasteiger partial charge is 0.490 e. The summed E-state index contributed by atoms with van der Waals surface area (Å²) in [6.07, 6.45) is 3.80. The van der Waals surface area contributed by atoms with Gasteiger partial charge in [0.1, 0.15) is 18.5 Å². The quantitative estimate of drug-likeness (QED) is 0.822. The normalized spacial score (nSPS) is 20.7. The van der Waals surface area contributed by atoms with Crippen LogP contribution in [-0.2, 0) is 4.74 Å². The first kappa shape index (κ1) is 16.3. The summed E-state index contributed by atoms with van der Waals surface area (Å²) < 4.78 is 11.1. The van der Waals surface area contributed by atoms with Crippen molar-refractivity contribution < 1.29 is 14.6 Å². The van der Waals surface area contributed by atoms with Crippen molar-refractivity contribution in [1.29, 1.82) is 0 Å². The number of hydrogen-bond acceptors (Lipinski definition) is 4. The summed E-state index contributed by atoms with van der Waals surface area (Å²) in [4.78, 5) is 5.49. The number of aromatic amines is 1. The maximum atomic E-state index is 10.3. The third-order valence-corrected chi connectivity index (χ3v) is 4.46. The number of H-pyrrole nitrogens is 1. The van der Waals surface area contributed by atoms with E-state index in [2.05, 4.69) is 9.88 Å². The lowest BCUT2D eigenvalue weighted by Gasteiger charge is -2.33. The highest BCUT2D eigenvalue weighted by Gasteiger charge is 2.22. The molecule has 2 aromatic rings. The minimum absolute atomic E-state index is 0.315. The summed E-state index contributed by atoms with van der Waals surface area (Å²) in [6, 6.07) is 7.91. The summed E-state index contributed by atoms with van der Waals surface area (Å²) in [7, 11) is 1.75. The first-order valence-electron chi connectivity index (χ1n) is 8.34. The molecule has 1 aromatic carbocycles. The van der Waals surface area contributed by atoms with Crippen molar-refractivity contribution in [2.24, 2.45) is 5.92 Å². The van der Waals surface area contributed by atoms with Crippen molar-refractivity contribution >= 4 is 10.9 Å². The van der Waals surface area contributed by atoms with Gasteiger partial charge in [0, 0.05) is 37.3 Å². The maximum Gasteiger partial charge on any atom is 0.128 e. The molecule has 5 nitrogen and oxygen atoms in total. The summed E-state index contributed by atoms with van der Waals surface area (Å²) in [5, 5.41) is 11.3. The maximum absolute atomic E-state index is 10.3. The third kappa shape index (κ3) is 4.25. The van der Waals surface area contributed by atoms with Gasteiger partial charge in [0.15, 0.2) is 0 Å². The molecule has 2 unspecified atom stereocenters. The Morgan fingerprint density at radius 3 is 3.17 bits per heavy atom. The van der Waals surface area contributed by atoms with Crippen LogP contribution in [-0.4, -0.2) is 61.1 Å². The molecule has 126 valence electrons. The second-order valence-corrected chi connectivity index (χ2v) is 6.38. The van der Waals surface area contributed by atoms with Gasteiger partial charge in [-0.05, 0) is 43.5 Å². The zero-order valence-corrected chi connectivity index (χ0v) is 13.7. The highest BCUT2D eigenvalue weighted by Crippen LogP contribution is 2.24. The van der Waals surface area contributed by atoms with Crippen molar-refractivity contribution in [3.63, 3.8) is 0 Å². The number of piperidine rings is 1. The Bertz CT molecular complexity index is 611. The van der Waals surface area contributed by atoms with Crippen molar-refractivity contribution in [3.05, 3.63) is 30.5 Å². The van der Waals surface area contributed by atoms with Crippen LogP contribution in [0.25, 0.3) is 10.9 Å². The van der Waals surface area contributed by atoms with E-state index >= 15 is 0 Å². The number of aliphatic hydroxyl groups is 1. The van der Waals surface area contributed by atoms with Gasteiger partial charge in [-0.1, -0.05) is 6.07 Å². The highest BCUT2D eigenvalue weighted by molar-refractivity contribution is 5.85. The molecule has 0 bridgehead atoms. The SMILES string of the molecule is COCC1CCCN(CC(O)COc2cccc3[nH]ccc23)C1. The van der Waals surface area contributed by atoms with E-state index in [1.807, 2.05) is 30.5 Å². The van der Waals surface area contributed by atoms with E-state index in [9.17, 15) is 5.11 Å². The van der Waals surface area contributed by atoms with Crippen LogP contribution in [0.15, 0.2) is 30.5 Å². The van der Waals surface area contributed by atoms with Crippen LogP contribution in [0.1, 0.15) is 12.8 Å². The molecule has 2 atom stereocenters. The Kier molecular flexibility index (Phi) is 5.54. The first-order chi connectivity index (χ1) is 11.3. The molecule has 1 aliphatic heterocycles. The van der Waals surface area contributed by atoms with Gasteiger partial charge in [-0.25, -0.2) is 0 Å². The number of aromatic nitrogens is 1. The topological polar surface area (TPSA) is 57.7 Å². The van der Waals surface area contributed by atoms with Gasteiger partial charge in [0.05, 0.1) is 6.61 Å². The molecule has 0 spiro atoms. The van der Waals surface area contributed by atoms with Gasteiger partial charge in [0.2, 0.25) is 0 Å². The van der Waals surface area contributed by atoms with Gasteiger partial charge in [0.25, 0.3) is 0 Å². The summed E-state index contributed by atoms with van der Waals surface area (Å²) in [5.41, 5.74) is 1.05. The van der Waals surface area contributed by atoms with Crippen LogP contribution in [0, 0.1) is 5.92 Å². The number of rotatable bonds is 7. The number of ether oxygens (including phenoxy) is 2. The zero-order valence-electron chi connectivity index (χ0n) is 13.7. The smallest absolute Gasteiger partial charge is 0.128 e. The van der Waals surface area contributed by atoms with Crippen LogP contribution in [0.5, 0.6) is 5.75 Å². The van der Waals surface area contributed by atoms with Crippen LogP contribution >= 0.6 is 0 Å². The van der Waals surface area contributed by atoms with E-state index in [-0.39, 0.29) is 0 Å². The van der Waals surface area contributed by atoms with Gasteiger partial charge >= 0.3 is 0 Å². The number of β-amino-alcohol motifs (C(OH)–C–C–N with tert-alkyl or cyclic N) is 1. The van der Waals surface area contributed by atoms with Gasteiger partial charge in [-0.15, -0.1) is 0 Å². The second kappa shape index (κ2) is 7.81. The molecule has 23 heavy (non-hydrogen) atoms. The lowest BCUT2D eigenvalue weighted by Crippen LogP contribution is -2.42. The van der Waals surface area contributed by atoms with E-state index in [0.717, 1.165) is 36.3 Å². The molecule has 3 rings (SSSR count). The second-order valence-electron chi connectivity index (χ2n) is 6.38. The lowest BCUT2D eigenvalue weighted by molar-refractivity contribution is 0.0374. The van der Waals surface area contributed by atoms with Crippen molar-refractivity contribution in [1.82, 2.24) is 9.88 Å². The fourth-order valence-corrected chi connectivity index (χ4v) is 3.41. The van der Waals surface area contributed by atoms with Gasteiger partial charge in [-0.2, -0.15) is 0 Å². The van der Waals surface area contributed by atoms with E-state index in [1.54, 1.807) is 7.11 Å². The van der Waals surface area contributed by atoms with Gasteiger partial charge in [-0.3, -0.25) is 0 Å². The summed E-state index contributed by atoms with van der Waals surface area (Å²) in [6.45, 7) is 3.82. The van der Waals surface area contributed by atoms with E-state index < -0.39 is 6.10 Å². The zero-order chi connectivity index (χ0) is 16.1. The van der Waals surface area contributed by atoms with Crippen molar-refractivity contribution in [2.75, 3.05) is 40.0 Å². The summed E-state index contributed by atoms with van der Waals surface area (Å²) in [5.74, 6) is 1.40. The highest BCUT2D eigenvalue weighted by atomic mass is 16.5. The fourth-order valence-electron chi connectivity index (χ4n) is 3.41. The minimum atomic E-state index is -0.481. The molecule has 0 radical (unpaired) electrons. The molecule has 0 amide bonds. The van der Waals surface area contributed by atoms with E-state index in [0.29, 0.717) is 19.1 Å². The molecule has 2 N–H and O–H groups in total. The molecule has 1 fully saturated rings. The Morgan fingerprint density at radius 2 is 2.30 bits per heavy atom. The van der Waals surface area contributed by atoms with Crippen molar-refractivity contribution in [2.45, 2.75) is 18.9 Å². The molecular weight excluding hydrogens is 292 g/mol. The van der Waals surface area contributed by atoms with Crippen LogP contribution in [0.3, 0.4) is 0 Å². The summed E-state index contributed by atoms with van der Waals surface area (Å²) >= 11 is 0. The predicted octanol–water partition coefficient (Wildman–Crippen LogP) is 2.27. The Balaban J connectivity index is 1.49. The van der Waals surface area contributed by atoms with Crippen LogP contribution in [0.2, 0.25) is 0 Å². The average Bonchev–Trinajstić information content (AvgIpc) is 3.03. The molecule has 2 heterocycles. The molecular formula is C18H26N2O3. The number of nitrogens with zero attached hydrogens (tertiary/aromatic N) is 1. The van der Waals surface area contributed by atoms with Crippen LogP contribution < -0.4 is 4.74 Å². The predicted molar refractivity (Wildman–Crippen MR) is 90.8 cm³/mol. The molecule has 0 aliphatic carbocycles. The molecule has 5 heteroatoms. The molecule has 0 saturated carbocycles. The lowest BCUT2D eigenvalue weighted by atomic mass is 9.99. The number of aliphatic hydroxyl groups excluding tert-OH is 1. The number of hydrogen-bond donors (Lipinski definition) is 2. The molecule has 1 aromatic heterocycles.